The SMILES string of the molecule is CCCC=CCCC(=O)C(C)C. The van der Waals surface area contributed by atoms with Crippen LogP contribution in [0.15, 0.2) is 12.2 Å². The molecule has 0 spiro atoms. The van der Waals surface area contributed by atoms with Crippen LogP contribution in [0.1, 0.15) is 46.5 Å². The first-order valence-corrected chi connectivity index (χ1v) is 4.86. The van der Waals surface area contributed by atoms with Crippen LogP contribution in [-0.2, 0) is 4.79 Å². The summed E-state index contributed by atoms with van der Waals surface area (Å²) in [6.45, 7) is 6.07. The lowest BCUT2D eigenvalue weighted by Crippen LogP contribution is -2.05. The van der Waals surface area contributed by atoms with E-state index in [1.807, 2.05) is 13.8 Å². The highest BCUT2D eigenvalue weighted by Gasteiger charge is 2.04. The Hall–Kier alpha value is -0.590. The topological polar surface area (TPSA) is 17.1 Å². The van der Waals surface area contributed by atoms with E-state index in [1.54, 1.807) is 0 Å². The van der Waals surface area contributed by atoms with Crippen molar-refractivity contribution in [2.24, 2.45) is 5.92 Å². The highest BCUT2D eigenvalue weighted by atomic mass is 16.1. The Labute approximate surface area is 75.9 Å². The molecule has 0 bridgehead atoms. The molecule has 0 aromatic rings. The van der Waals surface area contributed by atoms with Crippen LogP contribution in [0.4, 0.5) is 0 Å². The molecule has 0 amide bonds. The number of hydrogen-bond acceptors (Lipinski definition) is 1. The molecule has 0 rings (SSSR count). The van der Waals surface area contributed by atoms with Crippen molar-refractivity contribution in [1.82, 2.24) is 0 Å². The quantitative estimate of drug-likeness (QED) is 0.556. The van der Waals surface area contributed by atoms with Crippen molar-refractivity contribution in [3.8, 4) is 0 Å². The molecule has 0 radical (unpaired) electrons. The minimum Gasteiger partial charge on any atom is -0.299 e. The van der Waals surface area contributed by atoms with Crippen molar-refractivity contribution < 1.29 is 4.79 Å². The molecule has 0 aliphatic rings. The maximum Gasteiger partial charge on any atom is 0.135 e. The molecule has 0 aliphatic heterocycles. The van der Waals surface area contributed by atoms with Gasteiger partial charge in [-0.05, 0) is 12.8 Å². The van der Waals surface area contributed by atoms with Crippen LogP contribution in [0.3, 0.4) is 0 Å². The van der Waals surface area contributed by atoms with Crippen LogP contribution in [0.5, 0.6) is 0 Å². The summed E-state index contributed by atoms with van der Waals surface area (Å²) in [6, 6.07) is 0. The molecule has 0 aromatic heterocycles. The van der Waals surface area contributed by atoms with E-state index >= 15 is 0 Å². The van der Waals surface area contributed by atoms with Crippen LogP contribution < -0.4 is 0 Å². The number of allylic oxidation sites excluding steroid dienone is 2. The number of carbonyl (C=O) groups is 1. The largest absolute Gasteiger partial charge is 0.299 e. The zero-order chi connectivity index (χ0) is 9.40. The molecule has 0 atom stereocenters. The zero-order valence-corrected chi connectivity index (χ0v) is 8.47. The van der Waals surface area contributed by atoms with Crippen LogP contribution in [0, 0.1) is 5.92 Å². The van der Waals surface area contributed by atoms with Crippen LogP contribution in [0.2, 0.25) is 0 Å². The van der Waals surface area contributed by atoms with E-state index in [-0.39, 0.29) is 5.92 Å². The first-order chi connectivity index (χ1) is 5.68. The third-order valence-corrected chi connectivity index (χ3v) is 1.82. The Kier molecular flexibility index (Phi) is 6.73. The fourth-order valence-corrected chi connectivity index (χ4v) is 0.917. The van der Waals surface area contributed by atoms with Crippen molar-refractivity contribution in [3.05, 3.63) is 12.2 Å². The molecule has 0 unspecified atom stereocenters. The first-order valence-electron chi connectivity index (χ1n) is 4.86. The molecule has 0 N–H and O–H groups in total. The summed E-state index contributed by atoms with van der Waals surface area (Å²) in [5.41, 5.74) is 0. The summed E-state index contributed by atoms with van der Waals surface area (Å²) in [4.78, 5) is 11.1. The molecular formula is C11H20O. The predicted octanol–water partition coefficient (Wildman–Crippen LogP) is 3.35. The lowest BCUT2D eigenvalue weighted by atomic mass is 10.0. The highest BCUT2D eigenvalue weighted by Crippen LogP contribution is 2.02. The third kappa shape index (κ3) is 6.14. The smallest absolute Gasteiger partial charge is 0.135 e. The Morgan fingerprint density at radius 1 is 1.25 bits per heavy atom. The second-order valence-electron chi connectivity index (χ2n) is 3.42. The van der Waals surface area contributed by atoms with Gasteiger partial charge in [-0.25, -0.2) is 0 Å². The van der Waals surface area contributed by atoms with Gasteiger partial charge in [0, 0.05) is 12.3 Å². The third-order valence-electron chi connectivity index (χ3n) is 1.82. The van der Waals surface area contributed by atoms with Crippen molar-refractivity contribution in [3.63, 3.8) is 0 Å². The molecular weight excluding hydrogens is 148 g/mol. The minimum absolute atomic E-state index is 0.199. The van der Waals surface area contributed by atoms with Crippen molar-refractivity contribution >= 4 is 5.78 Å². The van der Waals surface area contributed by atoms with Gasteiger partial charge in [0.1, 0.15) is 5.78 Å². The summed E-state index contributed by atoms with van der Waals surface area (Å²) >= 11 is 0. The monoisotopic (exact) mass is 168 g/mol. The Balaban J connectivity index is 3.37. The van der Waals surface area contributed by atoms with E-state index in [2.05, 4.69) is 19.1 Å². The maximum atomic E-state index is 11.1. The average molecular weight is 168 g/mol. The molecule has 12 heavy (non-hydrogen) atoms. The second-order valence-corrected chi connectivity index (χ2v) is 3.42. The van der Waals surface area contributed by atoms with Gasteiger partial charge in [-0.1, -0.05) is 39.3 Å². The fraction of sp³-hybridized carbons (Fsp3) is 0.727. The Morgan fingerprint density at radius 2 is 1.83 bits per heavy atom. The summed E-state index contributed by atoms with van der Waals surface area (Å²) in [5, 5.41) is 0. The maximum absolute atomic E-state index is 11.1. The van der Waals surface area contributed by atoms with E-state index in [1.165, 1.54) is 6.42 Å². The van der Waals surface area contributed by atoms with E-state index in [4.69, 9.17) is 0 Å². The fourth-order valence-electron chi connectivity index (χ4n) is 0.917. The Morgan fingerprint density at radius 3 is 2.33 bits per heavy atom. The van der Waals surface area contributed by atoms with Crippen molar-refractivity contribution in [1.29, 1.82) is 0 Å². The van der Waals surface area contributed by atoms with E-state index in [0.717, 1.165) is 12.8 Å². The van der Waals surface area contributed by atoms with Gasteiger partial charge in [0.25, 0.3) is 0 Å². The van der Waals surface area contributed by atoms with E-state index in [9.17, 15) is 4.79 Å². The van der Waals surface area contributed by atoms with Gasteiger partial charge < -0.3 is 0 Å². The normalized spacial score (nSPS) is 11.3. The van der Waals surface area contributed by atoms with Gasteiger partial charge in [0.05, 0.1) is 0 Å². The number of ketones is 1. The van der Waals surface area contributed by atoms with Gasteiger partial charge in [-0.15, -0.1) is 0 Å². The molecule has 0 saturated carbocycles. The van der Waals surface area contributed by atoms with Gasteiger partial charge in [-0.3, -0.25) is 4.79 Å². The van der Waals surface area contributed by atoms with E-state index < -0.39 is 0 Å². The molecule has 0 aliphatic carbocycles. The number of unbranched alkanes of at least 4 members (excludes halogenated alkanes) is 1. The average Bonchev–Trinajstić information content (AvgIpc) is 2.03. The number of rotatable bonds is 6. The van der Waals surface area contributed by atoms with E-state index in [0.29, 0.717) is 12.2 Å². The standard InChI is InChI=1S/C11H20O/c1-4-5-6-7-8-9-11(12)10(2)3/h6-7,10H,4-5,8-9H2,1-3H3. The molecule has 1 heteroatoms. The minimum atomic E-state index is 0.199. The number of hydrogen-bond donors (Lipinski definition) is 0. The lowest BCUT2D eigenvalue weighted by Gasteiger charge is -2.00. The predicted molar refractivity (Wildman–Crippen MR) is 53.1 cm³/mol. The van der Waals surface area contributed by atoms with Gasteiger partial charge >= 0.3 is 0 Å². The Bertz CT molecular complexity index is 145. The lowest BCUT2D eigenvalue weighted by molar-refractivity contribution is -0.121. The number of carbonyl (C=O) groups excluding carboxylic acids is 1. The van der Waals surface area contributed by atoms with Gasteiger partial charge in [-0.2, -0.15) is 0 Å². The zero-order valence-electron chi connectivity index (χ0n) is 8.47. The van der Waals surface area contributed by atoms with Gasteiger partial charge in [0.15, 0.2) is 0 Å². The number of Topliss-reactive ketones (excluding diaryl/α,β-unsaturated/α-hetero) is 1. The molecule has 1 nitrogen and oxygen atoms in total. The van der Waals surface area contributed by atoms with Crippen molar-refractivity contribution in [2.75, 3.05) is 0 Å². The molecule has 70 valence electrons. The van der Waals surface area contributed by atoms with Gasteiger partial charge in [0.2, 0.25) is 0 Å². The van der Waals surface area contributed by atoms with Crippen LogP contribution >= 0.6 is 0 Å². The summed E-state index contributed by atoms with van der Waals surface area (Å²) in [7, 11) is 0. The highest BCUT2D eigenvalue weighted by molar-refractivity contribution is 5.80. The summed E-state index contributed by atoms with van der Waals surface area (Å²) in [5.74, 6) is 0.570. The van der Waals surface area contributed by atoms with Crippen molar-refractivity contribution in [2.45, 2.75) is 46.5 Å². The van der Waals surface area contributed by atoms with Crippen LogP contribution in [-0.4, -0.2) is 5.78 Å². The summed E-state index contributed by atoms with van der Waals surface area (Å²) in [6.07, 6.45) is 8.22. The molecule has 0 saturated heterocycles. The summed E-state index contributed by atoms with van der Waals surface area (Å²) < 4.78 is 0. The molecule has 0 aromatic carbocycles. The molecule has 0 heterocycles. The van der Waals surface area contributed by atoms with Crippen LogP contribution in [0.25, 0.3) is 0 Å². The second kappa shape index (κ2) is 7.08. The first kappa shape index (κ1) is 11.4. The molecule has 0 fully saturated rings.